The SMILES string of the molecule is CC[C@@H](C)NC(=O)[C@@H](Cc1ccccc1)N(Cc1cccc(C)c1)C(=O)CN(c1ccc(Cl)cc1C)S(C)(=O)=O. The Morgan fingerprint density at radius 1 is 0.950 bits per heavy atom. The van der Waals surface area contributed by atoms with Gasteiger partial charge in [0.1, 0.15) is 12.6 Å². The second-order valence-corrected chi connectivity index (χ2v) is 12.6. The van der Waals surface area contributed by atoms with Gasteiger partial charge in [-0.05, 0) is 62.1 Å². The summed E-state index contributed by atoms with van der Waals surface area (Å²) in [6.07, 6.45) is 2.07. The highest BCUT2D eigenvalue weighted by Gasteiger charge is 2.33. The number of benzene rings is 3. The Kier molecular flexibility index (Phi) is 10.8. The first kappa shape index (κ1) is 31.2. The van der Waals surface area contributed by atoms with Gasteiger partial charge in [-0.25, -0.2) is 8.42 Å². The van der Waals surface area contributed by atoms with E-state index in [9.17, 15) is 18.0 Å². The number of hydrogen-bond acceptors (Lipinski definition) is 4. The van der Waals surface area contributed by atoms with Crippen LogP contribution < -0.4 is 9.62 Å². The molecular formula is C31H38ClN3O4S. The van der Waals surface area contributed by atoms with Crippen molar-refractivity contribution in [1.29, 1.82) is 0 Å². The number of halogens is 1. The van der Waals surface area contributed by atoms with E-state index in [0.717, 1.165) is 33.7 Å². The first-order valence-electron chi connectivity index (χ1n) is 13.3. The Morgan fingerprint density at radius 3 is 2.23 bits per heavy atom. The molecule has 1 N–H and O–H groups in total. The van der Waals surface area contributed by atoms with Gasteiger partial charge >= 0.3 is 0 Å². The minimum absolute atomic E-state index is 0.0917. The number of nitrogens with zero attached hydrogens (tertiary/aromatic N) is 2. The summed E-state index contributed by atoms with van der Waals surface area (Å²) in [5.74, 6) is -0.769. The van der Waals surface area contributed by atoms with E-state index < -0.39 is 28.5 Å². The molecule has 2 amide bonds. The lowest BCUT2D eigenvalue weighted by molar-refractivity contribution is -0.140. The second-order valence-electron chi connectivity index (χ2n) is 10.2. The van der Waals surface area contributed by atoms with Crippen molar-refractivity contribution in [1.82, 2.24) is 10.2 Å². The third-order valence-electron chi connectivity index (χ3n) is 6.81. The van der Waals surface area contributed by atoms with Gasteiger partial charge in [-0.3, -0.25) is 13.9 Å². The van der Waals surface area contributed by atoms with Crippen LogP contribution in [0.4, 0.5) is 5.69 Å². The molecule has 0 heterocycles. The molecule has 0 bridgehead atoms. The molecule has 3 aromatic rings. The largest absolute Gasteiger partial charge is 0.352 e. The highest BCUT2D eigenvalue weighted by atomic mass is 35.5. The predicted octanol–water partition coefficient (Wildman–Crippen LogP) is 5.28. The summed E-state index contributed by atoms with van der Waals surface area (Å²) in [5, 5.41) is 3.50. The molecule has 40 heavy (non-hydrogen) atoms. The summed E-state index contributed by atoms with van der Waals surface area (Å²) in [5.41, 5.74) is 3.73. The lowest BCUT2D eigenvalue weighted by Crippen LogP contribution is -2.54. The Morgan fingerprint density at radius 2 is 1.62 bits per heavy atom. The van der Waals surface area contributed by atoms with E-state index in [1.54, 1.807) is 25.1 Å². The van der Waals surface area contributed by atoms with Gasteiger partial charge in [0.2, 0.25) is 21.8 Å². The molecule has 3 rings (SSSR count). The summed E-state index contributed by atoms with van der Waals surface area (Å²) >= 11 is 6.11. The van der Waals surface area contributed by atoms with Crippen molar-refractivity contribution >= 4 is 39.1 Å². The van der Waals surface area contributed by atoms with Crippen LogP contribution in [0, 0.1) is 13.8 Å². The number of hydrogen-bond donors (Lipinski definition) is 1. The Bertz CT molecular complexity index is 1430. The molecule has 0 saturated heterocycles. The van der Waals surface area contributed by atoms with Crippen molar-refractivity contribution in [3.8, 4) is 0 Å². The fourth-order valence-electron chi connectivity index (χ4n) is 4.50. The van der Waals surface area contributed by atoms with E-state index in [1.165, 1.54) is 4.90 Å². The van der Waals surface area contributed by atoms with Crippen LogP contribution >= 0.6 is 11.6 Å². The second kappa shape index (κ2) is 13.8. The van der Waals surface area contributed by atoms with Crippen LogP contribution in [0.5, 0.6) is 0 Å². The zero-order valence-corrected chi connectivity index (χ0v) is 25.3. The molecule has 214 valence electrons. The van der Waals surface area contributed by atoms with Crippen LogP contribution in [0.2, 0.25) is 5.02 Å². The number of sulfonamides is 1. The predicted molar refractivity (Wildman–Crippen MR) is 162 cm³/mol. The van der Waals surface area contributed by atoms with Gasteiger partial charge in [-0.2, -0.15) is 0 Å². The topological polar surface area (TPSA) is 86.8 Å². The molecule has 0 saturated carbocycles. The highest BCUT2D eigenvalue weighted by molar-refractivity contribution is 7.92. The molecule has 0 spiro atoms. The molecule has 0 unspecified atom stereocenters. The highest BCUT2D eigenvalue weighted by Crippen LogP contribution is 2.26. The van der Waals surface area contributed by atoms with E-state index in [0.29, 0.717) is 16.3 Å². The minimum Gasteiger partial charge on any atom is -0.352 e. The standard InChI is InChI=1S/C31H38ClN3O4S/c1-6-24(4)33-31(37)29(19-25-12-8-7-9-13-25)34(20-26-14-10-11-22(2)17-26)30(36)21-35(40(5,38)39)28-16-15-27(32)18-23(28)3/h7-18,24,29H,6,19-21H2,1-5H3,(H,33,37)/t24-,29-/m1/s1. The van der Waals surface area contributed by atoms with Gasteiger partial charge in [-0.1, -0.05) is 78.7 Å². The van der Waals surface area contributed by atoms with Gasteiger partial charge in [-0.15, -0.1) is 0 Å². The van der Waals surface area contributed by atoms with Crippen molar-refractivity contribution in [2.45, 2.75) is 59.2 Å². The molecule has 0 aliphatic heterocycles. The van der Waals surface area contributed by atoms with Crippen LogP contribution in [0.25, 0.3) is 0 Å². The normalized spacial score (nSPS) is 12.8. The van der Waals surface area contributed by atoms with Gasteiger partial charge in [0, 0.05) is 24.0 Å². The van der Waals surface area contributed by atoms with Crippen molar-refractivity contribution in [3.05, 3.63) is 100 Å². The van der Waals surface area contributed by atoms with Gasteiger partial charge < -0.3 is 10.2 Å². The maximum atomic E-state index is 14.1. The number of carbonyl (C=O) groups is 2. The Balaban J connectivity index is 2.08. The minimum atomic E-state index is -3.85. The average molecular weight is 584 g/mol. The zero-order valence-electron chi connectivity index (χ0n) is 23.7. The summed E-state index contributed by atoms with van der Waals surface area (Å²) in [6, 6.07) is 21.1. The smallest absolute Gasteiger partial charge is 0.244 e. The van der Waals surface area contributed by atoms with E-state index in [1.807, 2.05) is 75.4 Å². The third-order valence-corrected chi connectivity index (χ3v) is 8.18. The molecule has 0 fully saturated rings. The molecule has 3 aromatic carbocycles. The summed E-state index contributed by atoms with van der Waals surface area (Å²) in [7, 11) is -3.85. The van der Waals surface area contributed by atoms with E-state index in [-0.39, 0.29) is 24.9 Å². The van der Waals surface area contributed by atoms with Crippen LogP contribution in [0.3, 0.4) is 0 Å². The van der Waals surface area contributed by atoms with Crippen molar-refractivity contribution < 1.29 is 18.0 Å². The Labute approximate surface area is 243 Å². The summed E-state index contributed by atoms with van der Waals surface area (Å²) in [4.78, 5) is 29.4. The fourth-order valence-corrected chi connectivity index (χ4v) is 5.63. The van der Waals surface area contributed by atoms with E-state index in [4.69, 9.17) is 11.6 Å². The first-order chi connectivity index (χ1) is 18.9. The number of aryl methyl sites for hydroxylation is 2. The third kappa shape index (κ3) is 8.57. The van der Waals surface area contributed by atoms with Crippen molar-refractivity contribution in [2.24, 2.45) is 0 Å². The average Bonchev–Trinajstić information content (AvgIpc) is 2.89. The number of anilines is 1. The van der Waals surface area contributed by atoms with Crippen molar-refractivity contribution in [3.63, 3.8) is 0 Å². The zero-order chi connectivity index (χ0) is 29.4. The molecule has 0 aliphatic rings. The monoisotopic (exact) mass is 583 g/mol. The Hall–Kier alpha value is -3.36. The van der Waals surface area contributed by atoms with Crippen molar-refractivity contribution in [2.75, 3.05) is 17.1 Å². The maximum absolute atomic E-state index is 14.1. The fraction of sp³-hybridized carbons (Fsp3) is 0.355. The number of rotatable bonds is 12. The number of nitrogens with one attached hydrogen (secondary N) is 1. The first-order valence-corrected chi connectivity index (χ1v) is 15.5. The number of amides is 2. The summed E-state index contributed by atoms with van der Waals surface area (Å²) in [6.45, 7) is 7.27. The van der Waals surface area contributed by atoms with Crippen LogP contribution in [-0.4, -0.2) is 50.0 Å². The molecule has 0 aromatic heterocycles. The lowest BCUT2D eigenvalue weighted by Gasteiger charge is -2.34. The molecule has 2 atom stereocenters. The van der Waals surface area contributed by atoms with Gasteiger partial charge in [0.25, 0.3) is 0 Å². The van der Waals surface area contributed by atoms with Crippen LogP contribution in [0.1, 0.15) is 42.5 Å². The van der Waals surface area contributed by atoms with E-state index in [2.05, 4.69) is 5.32 Å². The van der Waals surface area contributed by atoms with E-state index >= 15 is 0 Å². The van der Waals surface area contributed by atoms with Crippen LogP contribution in [-0.2, 0) is 32.6 Å². The maximum Gasteiger partial charge on any atom is 0.244 e. The summed E-state index contributed by atoms with van der Waals surface area (Å²) < 4.78 is 27.0. The van der Waals surface area contributed by atoms with Gasteiger partial charge in [0.05, 0.1) is 11.9 Å². The number of carbonyl (C=O) groups excluding carboxylic acids is 2. The molecule has 7 nitrogen and oxygen atoms in total. The molecular weight excluding hydrogens is 546 g/mol. The van der Waals surface area contributed by atoms with Crippen LogP contribution in [0.15, 0.2) is 72.8 Å². The lowest BCUT2D eigenvalue weighted by atomic mass is 10.0. The van der Waals surface area contributed by atoms with Gasteiger partial charge in [0.15, 0.2) is 0 Å². The molecule has 0 aliphatic carbocycles. The quantitative estimate of drug-likeness (QED) is 0.314. The molecule has 9 heteroatoms. The molecule has 0 radical (unpaired) electrons.